The van der Waals surface area contributed by atoms with Crippen molar-refractivity contribution in [1.29, 1.82) is 0 Å². The molecule has 88 valence electrons. The summed E-state index contributed by atoms with van der Waals surface area (Å²) in [4.78, 5) is 24.8. The van der Waals surface area contributed by atoms with Gasteiger partial charge in [0.15, 0.2) is 5.78 Å². The van der Waals surface area contributed by atoms with Crippen LogP contribution in [0.25, 0.3) is 0 Å². The molecule has 17 heavy (non-hydrogen) atoms. The lowest BCUT2D eigenvalue weighted by molar-refractivity contribution is 0.0908. The molecule has 2 rings (SSSR count). The van der Waals surface area contributed by atoms with E-state index in [0.717, 1.165) is 5.56 Å². The van der Waals surface area contributed by atoms with Gasteiger partial charge in [-0.15, -0.1) is 22.7 Å². The Balaban J connectivity index is 1.93. The molecule has 1 amide bonds. The fraction of sp³-hybridized carbons (Fsp3) is 0.167. The van der Waals surface area contributed by atoms with E-state index in [2.05, 4.69) is 5.32 Å². The Bertz CT molecular complexity index is 528. The van der Waals surface area contributed by atoms with Crippen molar-refractivity contribution in [2.75, 3.05) is 6.54 Å². The molecule has 0 spiro atoms. The van der Waals surface area contributed by atoms with E-state index in [1.165, 1.54) is 22.7 Å². The third-order valence-corrected chi connectivity index (χ3v) is 4.20. The molecule has 2 aromatic heterocycles. The van der Waals surface area contributed by atoms with Gasteiger partial charge < -0.3 is 5.32 Å². The van der Waals surface area contributed by atoms with E-state index < -0.39 is 0 Å². The minimum absolute atomic E-state index is 0.0523. The number of thiophene rings is 2. The Labute approximate surface area is 107 Å². The molecular formula is C12H11NO2S2. The van der Waals surface area contributed by atoms with Crippen LogP contribution in [-0.4, -0.2) is 18.2 Å². The van der Waals surface area contributed by atoms with E-state index >= 15 is 0 Å². The van der Waals surface area contributed by atoms with Crippen LogP contribution in [0.2, 0.25) is 0 Å². The summed E-state index contributed by atoms with van der Waals surface area (Å²) in [5.41, 5.74) is 0.941. The highest BCUT2D eigenvalue weighted by Crippen LogP contribution is 2.15. The highest BCUT2D eigenvalue weighted by atomic mass is 32.1. The topological polar surface area (TPSA) is 46.2 Å². The molecule has 2 heterocycles. The highest BCUT2D eigenvalue weighted by Gasteiger charge is 2.12. The van der Waals surface area contributed by atoms with Gasteiger partial charge in [0.05, 0.1) is 16.3 Å². The summed E-state index contributed by atoms with van der Waals surface area (Å²) < 4.78 is 0. The molecule has 0 saturated heterocycles. The molecule has 0 saturated carbocycles. The first-order valence-electron chi connectivity index (χ1n) is 5.07. The monoisotopic (exact) mass is 265 g/mol. The van der Waals surface area contributed by atoms with Gasteiger partial charge in [0.1, 0.15) is 0 Å². The quantitative estimate of drug-likeness (QED) is 0.864. The third kappa shape index (κ3) is 2.81. The normalized spacial score (nSPS) is 10.2. The summed E-state index contributed by atoms with van der Waals surface area (Å²) in [6, 6.07) is 5.47. The van der Waals surface area contributed by atoms with Gasteiger partial charge in [-0.3, -0.25) is 9.59 Å². The van der Waals surface area contributed by atoms with Gasteiger partial charge in [0.25, 0.3) is 5.91 Å². The predicted octanol–water partition coefficient (Wildman–Crippen LogP) is 2.73. The van der Waals surface area contributed by atoms with Crippen LogP contribution < -0.4 is 5.32 Å². The largest absolute Gasteiger partial charge is 0.344 e. The second-order valence-corrected chi connectivity index (χ2v) is 5.38. The lowest BCUT2D eigenvalue weighted by Gasteiger charge is -2.02. The van der Waals surface area contributed by atoms with Gasteiger partial charge in [-0.05, 0) is 35.4 Å². The van der Waals surface area contributed by atoms with E-state index in [9.17, 15) is 9.59 Å². The molecule has 3 nitrogen and oxygen atoms in total. The zero-order chi connectivity index (χ0) is 12.3. The zero-order valence-electron chi connectivity index (χ0n) is 9.23. The number of carbonyl (C=O) groups excluding carboxylic acids is 2. The number of hydrogen-bond donors (Lipinski definition) is 1. The molecule has 0 bridgehead atoms. The van der Waals surface area contributed by atoms with Gasteiger partial charge in [-0.1, -0.05) is 6.07 Å². The Morgan fingerprint density at radius 2 is 2.06 bits per heavy atom. The average molecular weight is 265 g/mol. The zero-order valence-corrected chi connectivity index (χ0v) is 10.9. The Morgan fingerprint density at radius 1 is 1.24 bits per heavy atom. The molecular weight excluding hydrogens is 254 g/mol. The summed E-state index contributed by atoms with van der Waals surface area (Å²) in [5, 5.41) is 6.35. The Morgan fingerprint density at radius 3 is 2.65 bits per heavy atom. The Hall–Kier alpha value is -1.46. The second-order valence-electron chi connectivity index (χ2n) is 3.52. The molecule has 5 heteroatoms. The fourth-order valence-corrected chi connectivity index (χ4v) is 2.88. The van der Waals surface area contributed by atoms with Gasteiger partial charge in [-0.2, -0.15) is 0 Å². The molecule has 0 unspecified atom stereocenters. The van der Waals surface area contributed by atoms with Crippen LogP contribution >= 0.6 is 22.7 Å². The van der Waals surface area contributed by atoms with Crippen molar-refractivity contribution in [2.24, 2.45) is 0 Å². The number of nitrogens with one attached hydrogen (secondary N) is 1. The summed E-state index contributed by atoms with van der Waals surface area (Å²) in [6.07, 6.45) is 0. The van der Waals surface area contributed by atoms with Crippen molar-refractivity contribution < 1.29 is 9.59 Å². The molecule has 0 aliphatic rings. The third-order valence-electron chi connectivity index (χ3n) is 2.27. The van der Waals surface area contributed by atoms with Crippen LogP contribution in [0.5, 0.6) is 0 Å². The first-order valence-corrected chi connectivity index (χ1v) is 6.83. The molecule has 0 aromatic carbocycles. The molecule has 0 aliphatic heterocycles. The summed E-state index contributed by atoms with van der Waals surface area (Å²) in [7, 11) is 0. The van der Waals surface area contributed by atoms with Gasteiger partial charge in [0.2, 0.25) is 0 Å². The smallest absolute Gasteiger partial charge is 0.261 e. The molecule has 1 N–H and O–H groups in total. The number of hydrogen-bond acceptors (Lipinski definition) is 4. The predicted molar refractivity (Wildman–Crippen MR) is 70.0 cm³/mol. The minimum Gasteiger partial charge on any atom is -0.344 e. The molecule has 0 radical (unpaired) electrons. The van der Waals surface area contributed by atoms with Crippen LogP contribution in [0.4, 0.5) is 0 Å². The highest BCUT2D eigenvalue weighted by molar-refractivity contribution is 7.12. The van der Waals surface area contributed by atoms with Crippen LogP contribution in [0, 0.1) is 6.92 Å². The maximum atomic E-state index is 11.8. The number of Topliss-reactive ketones (excluding diaryl/α,β-unsaturated/α-hetero) is 1. The van der Waals surface area contributed by atoms with Crippen molar-refractivity contribution in [3.05, 3.63) is 44.3 Å². The van der Waals surface area contributed by atoms with Crippen molar-refractivity contribution in [2.45, 2.75) is 6.92 Å². The van der Waals surface area contributed by atoms with Crippen LogP contribution in [0.15, 0.2) is 29.0 Å². The SMILES string of the molecule is Cc1ccsc1C(=O)NCC(=O)c1cccs1. The average Bonchev–Trinajstić information content (AvgIpc) is 2.95. The van der Waals surface area contributed by atoms with Crippen LogP contribution in [-0.2, 0) is 0 Å². The lowest BCUT2D eigenvalue weighted by Crippen LogP contribution is -2.29. The van der Waals surface area contributed by atoms with Crippen molar-refractivity contribution in [3.8, 4) is 0 Å². The van der Waals surface area contributed by atoms with E-state index in [1.54, 1.807) is 6.07 Å². The minimum atomic E-state index is -0.178. The number of carbonyl (C=O) groups is 2. The number of aryl methyl sites for hydroxylation is 1. The van der Waals surface area contributed by atoms with Gasteiger partial charge >= 0.3 is 0 Å². The molecule has 2 aromatic rings. The number of ketones is 1. The van der Waals surface area contributed by atoms with Crippen molar-refractivity contribution >= 4 is 34.4 Å². The second kappa shape index (κ2) is 5.25. The standard InChI is InChI=1S/C12H11NO2S2/c1-8-4-6-17-11(8)12(15)13-7-9(14)10-3-2-5-16-10/h2-6H,7H2,1H3,(H,13,15). The van der Waals surface area contributed by atoms with E-state index in [-0.39, 0.29) is 18.2 Å². The van der Waals surface area contributed by atoms with Crippen LogP contribution in [0.3, 0.4) is 0 Å². The maximum Gasteiger partial charge on any atom is 0.261 e. The Kier molecular flexibility index (Phi) is 3.71. The number of rotatable bonds is 4. The van der Waals surface area contributed by atoms with E-state index in [0.29, 0.717) is 9.75 Å². The molecule has 0 atom stereocenters. The summed E-state index contributed by atoms with van der Waals surface area (Å²) >= 11 is 2.77. The number of amides is 1. The van der Waals surface area contributed by atoms with Gasteiger partial charge in [-0.25, -0.2) is 0 Å². The first-order chi connectivity index (χ1) is 8.18. The molecule has 0 fully saturated rings. The van der Waals surface area contributed by atoms with Crippen LogP contribution in [0.1, 0.15) is 24.9 Å². The first kappa shape index (κ1) is 12.0. The van der Waals surface area contributed by atoms with Gasteiger partial charge in [0, 0.05) is 0 Å². The van der Waals surface area contributed by atoms with Crippen molar-refractivity contribution in [1.82, 2.24) is 5.32 Å². The van der Waals surface area contributed by atoms with E-state index in [1.807, 2.05) is 29.8 Å². The fourth-order valence-electron chi connectivity index (χ4n) is 1.37. The maximum absolute atomic E-state index is 11.8. The summed E-state index contributed by atoms with van der Waals surface area (Å²) in [5.74, 6) is -0.232. The van der Waals surface area contributed by atoms with E-state index in [4.69, 9.17) is 0 Å². The molecule has 0 aliphatic carbocycles. The summed E-state index contributed by atoms with van der Waals surface area (Å²) in [6.45, 7) is 1.93. The van der Waals surface area contributed by atoms with Crippen molar-refractivity contribution in [3.63, 3.8) is 0 Å². The lowest BCUT2D eigenvalue weighted by atomic mass is 10.2.